The quantitative estimate of drug-likeness (QED) is 0.232. The number of carbonyl (C=O) groups is 1. The van der Waals surface area contributed by atoms with Crippen LogP contribution in [0.5, 0.6) is 5.88 Å². The number of carbonyl (C=O) groups excluding carboxylic acids is 1. The molecule has 0 atom stereocenters. The summed E-state index contributed by atoms with van der Waals surface area (Å²) in [7, 11) is 5.92. The zero-order valence-electron chi connectivity index (χ0n) is 25.0. The van der Waals surface area contributed by atoms with Crippen molar-refractivity contribution in [3.63, 3.8) is 0 Å². The third-order valence-electron chi connectivity index (χ3n) is 6.23. The molecule has 0 fully saturated rings. The van der Waals surface area contributed by atoms with Crippen LogP contribution in [-0.4, -0.2) is 66.1 Å². The molecule has 0 unspecified atom stereocenters. The van der Waals surface area contributed by atoms with E-state index in [1.165, 1.54) is 11.6 Å². The van der Waals surface area contributed by atoms with E-state index in [0.29, 0.717) is 46.3 Å². The first-order valence-electron chi connectivity index (χ1n) is 13.6. The number of nitrogens with zero attached hydrogens (tertiary/aromatic N) is 5. The molecular formula is C31H40ClN7O2. The highest BCUT2D eigenvalue weighted by molar-refractivity contribution is 6.32. The van der Waals surface area contributed by atoms with Crippen molar-refractivity contribution in [1.82, 2.24) is 19.9 Å². The second-order valence-electron chi connectivity index (χ2n) is 10.0. The summed E-state index contributed by atoms with van der Waals surface area (Å²) >= 11 is 6.63. The van der Waals surface area contributed by atoms with Gasteiger partial charge in [-0.05, 0) is 64.6 Å². The van der Waals surface area contributed by atoms with Gasteiger partial charge in [0.2, 0.25) is 17.7 Å². The Morgan fingerprint density at radius 3 is 2.51 bits per heavy atom. The molecule has 1 amide bonds. The number of pyridine rings is 1. The van der Waals surface area contributed by atoms with E-state index < -0.39 is 0 Å². The number of aryl methyl sites for hydroxylation is 1. The summed E-state index contributed by atoms with van der Waals surface area (Å²) in [5.41, 5.74) is 4.76. The molecule has 0 aliphatic carbocycles. The van der Waals surface area contributed by atoms with Crippen LogP contribution < -0.4 is 20.3 Å². The van der Waals surface area contributed by atoms with Crippen molar-refractivity contribution in [1.29, 1.82) is 0 Å². The summed E-state index contributed by atoms with van der Waals surface area (Å²) in [6, 6.07) is 9.97. The van der Waals surface area contributed by atoms with Crippen LogP contribution in [0, 0.1) is 0 Å². The van der Waals surface area contributed by atoms with Crippen LogP contribution in [0.2, 0.25) is 5.02 Å². The standard InChI is InChI=1S/C31H40ClN7O2/c1-9-21-14-12-13-15-23(21)22(10-2)28-24(32)19-33-31(36-28)35-26-18-25(34-27(40)11-3)29(37-30(26)41-20(4)5)39(8)17-16-38(6)7/h10-15,18-20H,3,9,16-17H2,1-2,4-8H3,(H,34,40)(H,33,35,36)/b22-10+. The molecule has 1 aromatic carbocycles. The van der Waals surface area contributed by atoms with Crippen molar-refractivity contribution in [2.24, 2.45) is 0 Å². The van der Waals surface area contributed by atoms with Gasteiger partial charge in [-0.1, -0.05) is 55.4 Å². The summed E-state index contributed by atoms with van der Waals surface area (Å²) in [6.45, 7) is 13.0. The molecule has 3 aromatic rings. The van der Waals surface area contributed by atoms with Gasteiger partial charge in [0, 0.05) is 25.7 Å². The maximum Gasteiger partial charge on any atom is 0.247 e. The third-order valence-corrected chi connectivity index (χ3v) is 6.50. The number of hydrogen-bond donors (Lipinski definition) is 2. The number of amides is 1. The van der Waals surface area contributed by atoms with E-state index in [2.05, 4.69) is 46.2 Å². The molecule has 218 valence electrons. The first kappa shape index (κ1) is 31.6. The van der Waals surface area contributed by atoms with Crippen molar-refractivity contribution in [2.75, 3.05) is 49.8 Å². The zero-order chi connectivity index (χ0) is 30.1. The Kier molecular flexibility index (Phi) is 11.3. The minimum atomic E-state index is -0.352. The van der Waals surface area contributed by atoms with Crippen LogP contribution in [-0.2, 0) is 11.2 Å². The predicted molar refractivity (Wildman–Crippen MR) is 170 cm³/mol. The summed E-state index contributed by atoms with van der Waals surface area (Å²) in [5.74, 6) is 0.872. The molecule has 41 heavy (non-hydrogen) atoms. The van der Waals surface area contributed by atoms with Gasteiger partial charge in [-0.15, -0.1) is 0 Å². The fourth-order valence-electron chi connectivity index (χ4n) is 4.16. The highest BCUT2D eigenvalue weighted by Crippen LogP contribution is 2.36. The zero-order valence-corrected chi connectivity index (χ0v) is 25.7. The Morgan fingerprint density at radius 1 is 1.15 bits per heavy atom. The largest absolute Gasteiger partial charge is 0.473 e. The first-order valence-corrected chi connectivity index (χ1v) is 14.0. The van der Waals surface area contributed by atoms with Gasteiger partial charge in [0.05, 0.1) is 28.7 Å². The van der Waals surface area contributed by atoms with Crippen LogP contribution in [0.1, 0.15) is 44.5 Å². The molecule has 9 nitrogen and oxygen atoms in total. The predicted octanol–water partition coefficient (Wildman–Crippen LogP) is 6.19. The van der Waals surface area contributed by atoms with Gasteiger partial charge in [-0.25, -0.2) is 9.97 Å². The minimum Gasteiger partial charge on any atom is -0.473 e. The molecule has 3 rings (SSSR count). The molecule has 10 heteroatoms. The minimum absolute atomic E-state index is 0.154. The maximum absolute atomic E-state index is 12.4. The van der Waals surface area contributed by atoms with Crippen molar-refractivity contribution >= 4 is 46.2 Å². The van der Waals surface area contributed by atoms with E-state index in [1.807, 2.05) is 65.0 Å². The number of anilines is 4. The van der Waals surface area contributed by atoms with E-state index >= 15 is 0 Å². The summed E-state index contributed by atoms with van der Waals surface area (Å²) < 4.78 is 6.11. The number of benzene rings is 1. The van der Waals surface area contributed by atoms with Gasteiger partial charge in [-0.2, -0.15) is 4.98 Å². The summed E-state index contributed by atoms with van der Waals surface area (Å²) in [6.07, 6.45) is 5.51. The molecule has 0 saturated heterocycles. The van der Waals surface area contributed by atoms with E-state index in [-0.39, 0.29) is 12.0 Å². The Bertz CT molecular complexity index is 1410. The molecule has 2 N–H and O–H groups in total. The highest BCUT2D eigenvalue weighted by Gasteiger charge is 2.20. The van der Waals surface area contributed by atoms with Crippen LogP contribution in [0.4, 0.5) is 23.1 Å². The normalized spacial score (nSPS) is 11.5. The maximum atomic E-state index is 12.4. The number of aromatic nitrogens is 3. The lowest BCUT2D eigenvalue weighted by molar-refractivity contribution is -0.111. The lowest BCUT2D eigenvalue weighted by Gasteiger charge is -2.25. The van der Waals surface area contributed by atoms with Gasteiger partial charge >= 0.3 is 0 Å². The van der Waals surface area contributed by atoms with E-state index in [0.717, 1.165) is 24.1 Å². The number of rotatable bonds is 13. The molecule has 0 spiro atoms. The van der Waals surface area contributed by atoms with E-state index in [9.17, 15) is 4.79 Å². The van der Waals surface area contributed by atoms with Gasteiger partial charge in [0.25, 0.3) is 0 Å². The van der Waals surface area contributed by atoms with Gasteiger partial charge < -0.3 is 25.2 Å². The Morgan fingerprint density at radius 2 is 1.88 bits per heavy atom. The molecule has 2 aromatic heterocycles. The third kappa shape index (κ3) is 8.28. The number of allylic oxidation sites excluding steroid dienone is 1. The van der Waals surface area contributed by atoms with Crippen molar-refractivity contribution in [2.45, 2.75) is 40.2 Å². The highest BCUT2D eigenvalue weighted by atomic mass is 35.5. The average Bonchev–Trinajstić information content (AvgIpc) is 2.94. The molecule has 0 bridgehead atoms. The first-order chi connectivity index (χ1) is 19.6. The molecule has 0 saturated carbocycles. The lowest BCUT2D eigenvalue weighted by atomic mass is 9.95. The number of likely N-dealkylation sites (N-methyl/N-ethyl adjacent to an activating group) is 2. The number of halogens is 1. The SMILES string of the molecule is C=CC(=O)Nc1cc(Nc2ncc(Cl)c(/C(=C/C)c3ccccc3CC)n2)c(OC(C)C)nc1N(C)CCN(C)C. The van der Waals surface area contributed by atoms with Crippen molar-refractivity contribution in [3.8, 4) is 5.88 Å². The molecule has 0 aliphatic heterocycles. The van der Waals surface area contributed by atoms with Crippen molar-refractivity contribution in [3.05, 3.63) is 77.1 Å². The Balaban J connectivity index is 2.10. The smallest absolute Gasteiger partial charge is 0.247 e. The monoisotopic (exact) mass is 577 g/mol. The van der Waals surface area contributed by atoms with Crippen LogP contribution in [0.15, 0.2) is 55.3 Å². The van der Waals surface area contributed by atoms with Crippen LogP contribution in [0.3, 0.4) is 0 Å². The van der Waals surface area contributed by atoms with Crippen LogP contribution >= 0.6 is 11.6 Å². The second kappa shape index (κ2) is 14.6. The topological polar surface area (TPSA) is 95.5 Å². The Hall–Kier alpha value is -3.95. The Labute approximate surface area is 248 Å². The fourth-order valence-corrected chi connectivity index (χ4v) is 4.35. The summed E-state index contributed by atoms with van der Waals surface area (Å²) in [5, 5.41) is 6.56. The molecule has 2 heterocycles. The number of ether oxygens (including phenoxy) is 1. The van der Waals surface area contributed by atoms with Crippen LogP contribution in [0.25, 0.3) is 5.57 Å². The fraction of sp³-hybridized carbons (Fsp3) is 0.355. The number of nitrogens with one attached hydrogen (secondary N) is 2. The van der Waals surface area contributed by atoms with Gasteiger partial charge in [0.15, 0.2) is 5.82 Å². The lowest BCUT2D eigenvalue weighted by Crippen LogP contribution is -2.30. The van der Waals surface area contributed by atoms with Gasteiger partial charge in [0.1, 0.15) is 5.69 Å². The van der Waals surface area contributed by atoms with E-state index in [1.54, 1.807) is 12.3 Å². The van der Waals surface area contributed by atoms with Gasteiger partial charge in [-0.3, -0.25) is 4.79 Å². The number of hydrogen-bond acceptors (Lipinski definition) is 8. The molecule has 0 aliphatic rings. The molecular weight excluding hydrogens is 538 g/mol. The average molecular weight is 578 g/mol. The molecule has 0 radical (unpaired) electrons. The van der Waals surface area contributed by atoms with E-state index in [4.69, 9.17) is 26.3 Å². The second-order valence-corrected chi connectivity index (χ2v) is 10.4. The summed E-state index contributed by atoms with van der Waals surface area (Å²) in [4.78, 5) is 30.4. The van der Waals surface area contributed by atoms with Crippen molar-refractivity contribution < 1.29 is 9.53 Å².